The lowest BCUT2D eigenvalue weighted by Crippen LogP contribution is -2.46. The fourth-order valence-corrected chi connectivity index (χ4v) is 3.91. The summed E-state index contributed by atoms with van der Waals surface area (Å²) in [6.07, 6.45) is -0.0725. The van der Waals surface area contributed by atoms with E-state index in [9.17, 15) is 14.4 Å². The lowest BCUT2D eigenvalue weighted by molar-refractivity contribution is -0.123. The van der Waals surface area contributed by atoms with Gasteiger partial charge in [0.2, 0.25) is 5.91 Å². The van der Waals surface area contributed by atoms with Crippen LogP contribution in [0.4, 0.5) is 4.79 Å². The number of rotatable bonds is 4. The number of ether oxygens (including phenoxy) is 1. The number of nitrogens with zero attached hydrogens (tertiary/aromatic N) is 3. The van der Waals surface area contributed by atoms with Crippen molar-refractivity contribution < 1.29 is 14.3 Å². The van der Waals surface area contributed by atoms with Gasteiger partial charge in [0.1, 0.15) is 17.5 Å². The molecule has 2 aromatic rings. The van der Waals surface area contributed by atoms with E-state index in [-0.39, 0.29) is 23.4 Å². The van der Waals surface area contributed by atoms with Crippen molar-refractivity contribution in [3.05, 3.63) is 63.3 Å². The Hall–Kier alpha value is -3.16. The SMILES string of the molecule is Cc1nc2c(c(=O)n1C(C(=O)NCC(C)(C)C)c1ccccc1)CCN(C(=O)OC(C)(C)C)C2. The van der Waals surface area contributed by atoms with E-state index in [1.54, 1.807) is 11.8 Å². The van der Waals surface area contributed by atoms with Crippen LogP contribution in [0.2, 0.25) is 0 Å². The average Bonchev–Trinajstić information content (AvgIpc) is 2.73. The van der Waals surface area contributed by atoms with E-state index in [0.29, 0.717) is 42.2 Å². The zero-order chi connectivity index (χ0) is 25.3. The first-order valence-electron chi connectivity index (χ1n) is 11.7. The molecule has 3 rings (SSSR count). The number of aryl methyl sites for hydroxylation is 1. The van der Waals surface area contributed by atoms with E-state index in [4.69, 9.17) is 4.74 Å². The third-order valence-corrected chi connectivity index (χ3v) is 5.51. The summed E-state index contributed by atoms with van der Waals surface area (Å²) in [5, 5.41) is 3.00. The number of hydrogen-bond acceptors (Lipinski definition) is 5. The van der Waals surface area contributed by atoms with E-state index in [1.165, 1.54) is 4.57 Å². The van der Waals surface area contributed by atoms with Gasteiger partial charge in [0.15, 0.2) is 0 Å². The molecule has 0 bridgehead atoms. The summed E-state index contributed by atoms with van der Waals surface area (Å²) in [4.78, 5) is 45.8. The zero-order valence-electron chi connectivity index (χ0n) is 21.3. The van der Waals surface area contributed by atoms with Crippen LogP contribution >= 0.6 is 0 Å². The summed E-state index contributed by atoms with van der Waals surface area (Å²) in [5.74, 6) is 0.175. The van der Waals surface area contributed by atoms with Crippen molar-refractivity contribution in [2.24, 2.45) is 5.41 Å². The van der Waals surface area contributed by atoms with Gasteiger partial charge < -0.3 is 15.0 Å². The summed E-state index contributed by atoms with van der Waals surface area (Å²) in [6, 6.07) is 8.43. The molecule has 1 N–H and O–H groups in total. The Morgan fingerprint density at radius 3 is 2.35 bits per heavy atom. The van der Waals surface area contributed by atoms with Gasteiger partial charge >= 0.3 is 6.09 Å². The molecule has 0 aliphatic carbocycles. The molecule has 1 aliphatic rings. The molecule has 1 aliphatic heterocycles. The van der Waals surface area contributed by atoms with E-state index >= 15 is 0 Å². The molecule has 0 saturated heterocycles. The summed E-state index contributed by atoms with van der Waals surface area (Å²) in [7, 11) is 0. The maximum atomic E-state index is 13.7. The van der Waals surface area contributed by atoms with Gasteiger partial charge in [-0.25, -0.2) is 9.78 Å². The van der Waals surface area contributed by atoms with E-state index in [1.807, 2.05) is 71.9 Å². The number of carbonyl (C=O) groups excluding carboxylic acids is 2. The molecular formula is C26H36N4O4. The molecule has 2 heterocycles. The molecule has 1 aromatic carbocycles. The standard InChI is InChI=1S/C26H36N4O4/c1-17-28-20-15-29(24(33)34-26(5,6)7)14-13-19(20)23(32)30(17)21(18-11-9-8-10-12-18)22(31)27-16-25(2,3)4/h8-12,21H,13-16H2,1-7H3,(H,27,31). The number of benzene rings is 1. The summed E-state index contributed by atoms with van der Waals surface area (Å²) in [5.41, 5.74) is 0.856. The Morgan fingerprint density at radius 2 is 1.76 bits per heavy atom. The van der Waals surface area contributed by atoms with Gasteiger partial charge in [-0.15, -0.1) is 0 Å². The van der Waals surface area contributed by atoms with Crippen molar-refractivity contribution in [1.29, 1.82) is 0 Å². The third-order valence-electron chi connectivity index (χ3n) is 5.51. The Balaban J connectivity index is 1.99. The highest BCUT2D eigenvalue weighted by Crippen LogP contribution is 2.23. The molecule has 8 heteroatoms. The van der Waals surface area contributed by atoms with E-state index < -0.39 is 17.7 Å². The van der Waals surface area contributed by atoms with Crippen molar-refractivity contribution in [2.75, 3.05) is 13.1 Å². The number of nitrogens with one attached hydrogen (secondary N) is 1. The highest BCUT2D eigenvalue weighted by molar-refractivity contribution is 5.83. The van der Waals surface area contributed by atoms with Gasteiger partial charge in [-0.2, -0.15) is 0 Å². The largest absolute Gasteiger partial charge is 0.444 e. The Labute approximate surface area is 201 Å². The van der Waals surface area contributed by atoms with Crippen LogP contribution in [0.1, 0.15) is 70.2 Å². The van der Waals surface area contributed by atoms with Gasteiger partial charge in [-0.05, 0) is 45.1 Å². The fourth-order valence-electron chi connectivity index (χ4n) is 3.91. The van der Waals surface area contributed by atoms with Crippen LogP contribution in [0.15, 0.2) is 35.1 Å². The minimum atomic E-state index is -0.835. The quantitative estimate of drug-likeness (QED) is 0.740. The van der Waals surface area contributed by atoms with Crippen LogP contribution in [-0.2, 0) is 22.5 Å². The zero-order valence-corrected chi connectivity index (χ0v) is 21.3. The van der Waals surface area contributed by atoms with Crippen molar-refractivity contribution in [3.8, 4) is 0 Å². The van der Waals surface area contributed by atoms with Gasteiger partial charge in [0, 0.05) is 18.7 Å². The van der Waals surface area contributed by atoms with Crippen molar-refractivity contribution in [2.45, 2.75) is 73.1 Å². The molecule has 2 amide bonds. The molecule has 0 radical (unpaired) electrons. The molecule has 0 spiro atoms. The molecule has 0 fully saturated rings. The fraction of sp³-hybridized carbons (Fsp3) is 0.538. The highest BCUT2D eigenvalue weighted by atomic mass is 16.6. The maximum absolute atomic E-state index is 13.7. The van der Waals surface area contributed by atoms with Crippen molar-refractivity contribution >= 4 is 12.0 Å². The van der Waals surface area contributed by atoms with Crippen LogP contribution < -0.4 is 10.9 Å². The van der Waals surface area contributed by atoms with Crippen LogP contribution in [0.3, 0.4) is 0 Å². The first kappa shape index (κ1) is 25.5. The number of amides is 2. The Bertz CT molecular complexity index is 1110. The first-order valence-corrected chi connectivity index (χ1v) is 11.7. The van der Waals surface area contributed by atoms with E-state index in [2.05, 4.69) is 10.3 Å². The normalized spacial score (nSPS) is 14.9. The first-order chi connectivity index (χ1) is 15.8. The Morgan fingerprint density at radius 1 is 1.12 bits per heavy atom. The Kier molecular flexibility index (Phi) is 7.19. The highest BCUT2D eigenvalue weighted by Gasteiger charge is 2.32. The molecule has 0 saturated carbocycles. The average molecular weight is 469 g/mol. The predicted molar refractivity (Wildman–Crippen MR) is 131 cm³/mol. The summed E-state index contributed by atoms with van der Waals surface area (Å²) in [6.45, 7) is 14.3. The lowest BCUT2D eigenvalue weighted by atomic mass is 9.96. The molecule has 8 nitrogen and oxygen atoms in total. The van der Waals surface area contributed by atoms with Crippen LogP contribution in [0, 0.1) is 12.3 Å². The number of hydrogen-bond donors (Lipinski definition) is 1. The van der Waals surface area contributed by atoms with Crippen LogP contribution in [-0.4, -0.2) is 45.1 Å². The molecule has 184 valence electrons. The molecule has 1 aromatic heterocycles. The maximum Gasteiger partial charge on any atom is 0.410 e. The molecule has 34 heavy (non-hydrogen) atoms. The van der Waals surface area contributed by atoms with Crippen molar-refractivity contribution in [3.63, 3.8) is 0 Å². The summed E-state index contributed by atoms with van der Waals surface area (Å²) < 4.78 is 6.96. The molecule has 1 atom stereocenters. The number of carbonyl (C=O) groups is 2. The minimum Gasteiger partial charge on any atom is -0.444 e. The second-order valence-corrected chi connectivity index (χ2v) is 11.0. The number of aromatic nitrogens is 2. The monoisotopic (exact) mass is 468 g/mol. The second kappa shape index (κ2) is 9.60. The van der Waals surface area contributed by atoms with Gasteiger partial charge in [-0.1, -0.05) is 51.1 Å². The van der Waals surface area contributed by atoms with Gasteiger partial charge in [0.25, 0.3) is 5.56 Å². The van der Waals surface area contributed by atoms with Crippen LogP contribution in [0.5, 0.6) is 0 Å². The molecular weight excluding hydrogens is 432 g/mol. The van der Waals surface area contributed by atoms with Crippen molar-refractivity contribution in [1.82, 2.24) is 19.8 Å². The predicted octanol–water partition coefficient (Wildman–Crippen LogP) is 3.60. The second-order valence-electron chi connectivity index (χ2n) is 11.0. The lowest BCUT2D eigenvalue weighted by Gasteiger charge is -2.31. The van der Waals surface area contributed by atoms with Crippen LogP contribution in [0.25, 0.3) is 0 Å². The third kappa shape index (κ3) is 6.04. The van der Waals surface area contributed by atoms with Gasteiger partial charge in [0.05, 0.1) is 12.2 Å². The minimum absolute atomic E-state index is 0.101. The summed E-state index contributed by atoms with van der Waals surface area (Å²) >= 11 is 0. The number of fused-ring (bicyclic) bond motifs is 1. The molecule has 1 unspecified atom stereocenters. The van der Waals surface area contributed by atoms with E-state index in [0.717, 1.165) is 0 Å². The topological polar surface area (TPSA) is 93.5 Å². The smallest absolute Gasteiger partial charge is 0.410 e. The van der Waals surface area contributed by atoms with Gasteiger partial charge in [-0.3, -0.25) is 14.2 Å².